The average Bonchev–Trinajstić information content (AvgIpc) is 3.02. The molecule has 0 aliphatic heterocycles. The first kappa shape index (κ1) is 16.5. The van der Waals surface area contributed by atoms with Crippen molar-refractivity contribution in [2.45, 2.75) is 39.0 Å². The molecule has 4 nitrogen and oxygen atoms in total. The van der Waals surface area contributed by atoms with Crippen LogP contribution in [0.3, 0.4) is 0 Å². The molecule has 0 amide bonds. The lowest BCUT2D eigenvalue weighted by Gasteiger charge is -2.37. The molecule has 0 heterocycles. The van der Waals surface area contributed by atoms with E-state index >= 15 is 0 Å². The van der Waals surface area contributed by atoms with Crippen LogP contribution >= 0.6 is 0 Å². The molecule has 1 rings (SSSR count). The molecule has 1 aliphatic carbocycles. The highest BCUT2D eigenvalue weighted by molar-refractivity contribution is 5.81. The smallest absolute Gasteiger partial charge is 0.330 e. The number of hydrogen-bond donors (Lipinski definition) is 0. The minimum Gasteiger partial charge on any atom is -0.462 e. The van der Waals surface area contributed by atoms with Crippen molar-refractivity contribution in [3.8, 4) is 0 Å². The standard InChI is InChI=1S/C16H24O4/c1-4-14(17)19-11-16(6-3,12-20-15(18)5-2)13-9-7-8-10-13/h4-5,13H,1-2,6-12H2,3H3. The van der Waals surface area contributed by atoms with Crippen molar-refractivity contribution in [1.82, 2.24) is 0 Å². The lowest BCUT2D eigenvalue weighted by Crippen LogP contribution is -2.39. The zero-order valence-corrected chi connectivity index (χ0v) is 12.2. The first-order valence-corrected chi connectivity index (χ1v) is 7.16. The summed E-state index contributed by atoms with van der Waals surface area (Å²) in [5.74, 6) is -0.450. The quantitative estimate of drug-likeness (QED) is 0.506. The summed E-state index contributed by atoms with van der Waals surface area (Å²) in [6, 6.07) is 0. The average molecular weight is 280 g/mol. The summed E-state index contributed by atoms with van der Waals surface area (Å²) in [5.41, 5.74) is -0.298. The van der Waals surface area contributed by atoms with Gasteiger partial charge in [-0.15, -0.1) is 0 Å². The second-order valence-electron chi connectivity index (χ2n) is 5.32. The normalized spacial score (nSPS) is 15.7. The van der Waals surface area contributed by atoms with Gasteiger partial charge in [0.15, 0.2) is 0 Å². The Bertz CT molecular complexity index is 343. The first-order chi connectivity index (χ1) is 9.57. The maximum atomic E-state index is 11.3. The summed E-state index contributed by atoms with van der Waals surface area (Å²) in [4.78, 5) is 22.6. The van der Waals surface area contributed by atoms with Crippen molar-refractivity contribution in [3.63, 3.8) is 0 Å². The zero-order valence-electron chi connectivity index (χ0n) is 12.2. The van der Waals surface area contributed by atoms with Gasteiger partial charge in [-0.25, -0.2) is 9.59 Å². The minimum absolute atomic E-state index is 0.267. The van der Waals surface area contributed by atoms with Gasteiger partial charge in [-0.2, -0.15) is 0 Å². The van der Waals surface area contributed by atoms with Crippen LogP contribution < -0.4 is 0 Å². The molecule has 1 fully saturated rings. The van der Waals surface area contributed by atoms with Crippen LogP contribution in [0.25, 0.3) is 0 Å². The second-order valence-corrected chi connectivity index (χ2v) is 5.32. The van der Waals surface area contributed by atoms with E-state index in [1.165, 1.54) is 12.8 Å². The molecule has 0 unspecified atom stereocenters. The third-order valence-electron chi connectivity index (χ3n) is 4.26. The van der Waals surface area contributed by atoms with Crippen molar-refractivity contribution in [1.29, 1.82) is 0 Å². The predicted molar refractivity (Wildman–Crippen MR) is 77.0 cm³/mol. The fourth-order valence-electron chi connectivity index (χ4n) is 2.86. The molecule has 0 radical (unpaired) electrons. The van der Waals surface area contributed by atoms with Gasteiger partial charge in [-0.3, -0.25) is 0 Å². The Morgan fingerprint density at radius 1 is 1.10 bits per heavy atom. The van der Waals surface area contributed by atoms with Gasteiger partial charge in [-0.1, -0.05) is 32.9 Å². The molecule has 0 aromatic heterocycles. The van der Waals surface area contributed by atoms with Crippen LogP contribution in [-0.4, -0.2) is 25.2 Å². The van der Waals surface area contributed by atoms with Gasteiger partial charge in [0.1, 0.15) is 13.2 Å². The number of hydrogen-bond acceptors (Lipinski definition) is 4. The number of rotatable bonds is 8. The topological polar surface area (TPSA) is 52.6 Å². The summed E-state index contributed by atoms with van der Waals surface area (Å²) in [6.45, 7) is 9.38. The monoisotopic (exact) mass is 280 g/mol. The summed E-state index contributed by atoms with van der Waals surface area (Å²) >= 11 is 0. The van der Waals surface area contributed by atoms with Crippen LogP contribution in [0.15, 0.2) is 25.3 Å². The van der Waals surface area contributed by atoms with E-state index in [-0.39, 0.29) is 18.6 Å². The summed E-state index contributed by atoms with van der Waals surface area (Å²) in [7, 11) is 0. The van der Waals surface area contributed by atoms with E-state index in [9.17, 15) is 9.59 Å². The van der Waals surface area contributed by atoms with Crippen molar-refractivity contribution in [2.75, 3.05) is 13.2 Å². The van der Waals surface area contributed by atoms with E-state index < -0.39 is 11.9 Å². The molecule has 20 heavy (non-hydrogen) atoms. The molecule has 112 valence electrons. The van der Waals surface area contributed by atoms with Gasteiger partial charge in [0, 0.05) is 17.6 Å². The Morgan fingerprint density at radius 2 is 1.55 bits per heavy atom. The highest BCUT2D eigenvalue weighted by Crippen LogP contribution is 2.43. The molecule has 0 aromatic carbocycles. The fraction of sp³-hybridized carbons (Fsp3) is 0.625. The first-order valence-electron chi connectivity index (χ1n) is 7.16. The molecule has 1 saturated carbocycles. The van der Waals surface area contributed by atoms with E-state index in [2.05, 4.69) is 13.2 Å². The SMILES string of the molecule is C=CC(=O)OCC(CC)(COC(=O)C=C)C1CCCC1. The van der Waals surface area contributed by atoms with Gasteiger partial charge in [0.2, 0.25) is 0 Å². The molecule has 0 N–H and O–H groups in total. The van der Waals surface area contributed by atoms with Crippen molar-refractivity contribution in [3.05, 3.63) is 25.3 Å². The van der Waals surface area contributed by atoms with E-state index in [0.29, 0.717) is 5.92 Å². The van der Waals surface area contributed by atoms with Gasteiger partial charge in [0.05, 0.1) is 0 Å². The van der Waals surface area contributed by atoms with Crippen LogP contribution in [0.1, 0.15) is 39.0 Å². The lowest BCUT2D eigenvalue weighted by molar-refractivity contribution is -0.151. The summed E-state index contributed by atoms with van der Waals surface area (Å²) in [6.07, 6.45) is 7.65. The van der Waals surface area contributed by atoms with Crippen molar-refractivity contribution in [2.24, 2.45) is 11.3 Å². The number of ether oxygens (including phenoxy) is 2. The molecular formula is C16H24O4. The van der Waals surface area contributed by atoms with E-state index in [1.807, 2.05) is 6.92 Å². The van der Waals surface area contributed by atoms with Crippen molar-refractivity contribution < 1.29 is 19.1 Å². The molecule has 0 aromatic rings. The number of carbonyl (C=O) groups is 2. The molecule has 0 spiro atoms. The fourth-order valence-corrected chi connectivity index (χ4v) is 2.86. The largest absolute Gasteiger partial charge is 0.462 e. The van der Waals surface area contributed by atoms with Crippen LogP contribution in [0.5, 0.6) is 0 Å². The second kappa shape index (κ2) is 7.88. The molecule has 0 atom stereocenters. The summed E-state index contributed by atoms with van der Waals surface area (Å²) < 4.78 is 10.5. The molecule has 1 aliphatic rings. The Morgan fingerprint density at radius 3 is 1.90 bits per heavy atom. The van der Waals surface area contributed by atoms with Gasteiger partial charge in [0.25, 0.3) is 0 Å². The van der Waals surface area contributed by atoms with Crippen LogP contribution in [0.2, 0.25) is 0 Å². The van der Waals surface area contributed by atoms with Gasteiger partial charge < -0.3 is 9.47 Å². The number of esters is 2. The zero-order chi connectivity index (χ0) is 15.0. The maximum absolute atomic E-state index is 11.3. The van der Waals surface area contributed by atoms with Crippen molar-refractivity contribution >= 4 is 11.9 Å². The maximum Gasteiger partial charge on any atom is 0.330 e. The lowest BCUT2D eigenvalue weighted by atomic mass is 9.73. The molecule has 4 heteroatoms. The van der Waals surface area contributed by atoms with Crippen LogP contribution in [0.4, 0.5) is 0 Å². The predicted octanol–water partition coefficient (Wildman–Crippen LogP) is 3.03. The van der Waals surface area contributed by atoms with Gasteiger partial charge in [-0.05, 0) is 25.2 Å². The Kier molecular flexibility index (Phi) is 6.49. The third kappa shape index (κ3) is 4.22. The molecular weight excluding hydrogens is 256 g/mol. The Hall–Kier alpha value is -1.58. The van der Waals surface area contributed by atoms with Crippen LogP contribution in [-0.2, 0) is 19.1 Å². The molecule has 0 bridgehead atoms. The van der Waals surface area contributed by atoms with Crippen LogP contribution in [0, 0.1) is 11.3 Å². The molecule has 0 saturated heterocycles. The highest BCUT2D eigenvalue weighted by Gasteiger charge is 2.41. The number of carbonyl (C=O) groups excluding carboxylic acids is 2. The Labute approximate surface area is 120 Å². The van der Waals surface area contributed by atoms with E-state index in [4.69, 9.17) is 9.47 Å². The van der Waals surface area contributed by atoms with E-state index in [1.54, 1.807) is 0 Å². The highest BCUT2D eigenvalue weighted by atomic mass is 16.5. The third-order valence-corrected chi connectivity index (χ3v) is 4.26. The van der Waals surface area contributed by atoms with E-state index in [0.717, 1.165) is 31.4 Å². The summed E-state index contributed by atoms with van der Waals surface area (Å²) in [5, 5.41) is 0. The minimum atomic E-state index is -0.434. The Balaban J connectivity index is 2.77. The van der Waals surface area contributed by atoms with Gasteiger partial charge >= 0.3 is 11.9 Å².